The molecule has 0 aliphatic carbocycles. The zero-order valence-corrected chi connectivity index (χ0v) is 19.0. The molecule has 9 heteroatoms. The molecule has 0 unspecified atom stereocenters. The number of amides is 2. The first kappa shape index (κ1) is 23.2. The van der Waals surface area contributed by atoms with E-state index in [1.54, 1.807) is 16.9 Å². The van der Waals surface area contributed by atoms with Crippen molar-refractivity contribution in [3.8, 4) is 11.3 Å². The van der Waals surface area contributed by atoms with Crippen molar-refractivity contribution in [1.82, 2.24) is 25.3 Å². The molecule has 0 radical (unpaired) electrons. The number of morpholine rings is 1. The fourth-order valence-corrected chi connectivity index (χ4v) is 3.46. The van der Waals surface area contributed by atoms with E-state index in [1.165, 1.54) is 0 Å². The molecule has 1 aromatic carbocycles. The molecule has 2 amide bonds. The molecule has 2 heterocycles. The number of ether oxygens (including phenoxy) is 1. The summed E-state index contributed by atoms with van der Waals surface area (Å²) in [6, 6.07) is 7.26. The van der Waals surface area contributed by atoms with Gasteiger partial charge in [-0.05, 0) is 26.8 Å². The van der Waals surface area contributed by atoms with Crippen molar-refractivity contribution in [2.45, 2.75) is 26.3 Å². The van der Waals surface area contributed by atoms with Crippen molar-refractivity contribution < 1.29 is 14.3 Å². The summed E-state index contributed by atoms with van der Waals surface area (Å²) in [5, 5.41) is 10.7. The second kappa shape index (κ2) is 10.3. The van der Waals surface area contributed by atoms with Gasteiger partial charge in [0.1, 0.15) is 5.69 Å². The predicted octanol–water partition coefficient (Wildman–Crippen LogP) is 2.14. The van der Waals surface area contributed by atoms with Crippen LogP contribution in [0, 0.1) is 0 Å². The summed E-state index contributed by atoms with van der Waals surface area (Å²) in [6.45, 7) is 10.4. The van der Waals surface area contributed by atoms with Crippen LogP contribution < -0.4 is 10.6 Å². The van der Waals surface area contributed by atoms with Gasteiger partial charge in [-0.2, -0.15) is 5.10 Å². The number of hydrogen-bond donors (Lipinski definition) is 2. The molecule has 1 saturated heterocycles. The maximum Gasteiger partial charge on any atom is 0.255 e. The number of halogens is 1. The van der Waals surface area contributed by atoms with Gasteiger partial charge in [-0.15, -0.1) is 0 Å². The van der Waals surface area contributed by atoms with Crippen LogP contribution in [0.1, 0.15) is 31.1 Å². The average Bonchev–Trinajstić information content (AvgIpc) is 3.19. The first-order valence-electron chi connectivity index (χ1n) is 10.5. The van der Waals surface area contributed by atoms with Gasteiger partial charge in [0.2, 0.25) is 5.91 Å². The van der Waals surface area contributed by atoms with Gasteiger partial charge in [0.25, 0.3) is 5.91 Å². The minimum atomic E-state index is -0.367. The minimum Gasteiger partial charge on any atom is -0.379 e. The molecular formula is C22H30ClN5O3. The van der Waals surface area contributed by atoms with Gasteiger partial charge in [0.05, 0.1) is 35.9 Å². The Morgan fingerprint density at radius 1 is 1.16 bits per heavy atom. The van der Waals surface area contributed by atoms with E-state index in [-0.39, 0.29) is 23.9 Å². The van der Waals surface area contributed by atoms with Crippen LogP contribution in [0.4, 0.5) is 0 Å². The molecule has 3 rings (SSSR count). The number of aromatic nitrogens is 2. The van der Waals surface area contributed by atoms with Crippen LogP contribution in [0.2, 0.25) is 5.02 Å². The summed E-state index contributed by atoms with van der Waals surface area (Å²) < 4.78 is 7.05. The van der Waals surface area contributed by atoms with E-state index in [0.29, 0.717) is 28.4 Å². The molecule has 2 aromatic rings. The van der Waals surface area contributed by atoms with Crippen LogP contribution in [-0.2, 0) is 15.1 Å². The average molecular weight is 448 g/mol. The fraction of sp³-hybridized carbons (Fsp3) is 0.500. The highest BCUT2D eigenvalue weighted by Gasteiger charge is 2.24. The maximum absolute atomic E-state index is 12.9. The highest BCUT2D eigenvalue weighted by atomic mass is 35.5. The van der Waals surface area contributed by atoms with E-state index in [1.807, 2.05) is 39.0 Å². The van der Waals surface area contributed by atoms with Gasteiger partial charge in [-0.25, -0.2) is 0 Å². The molecule has 31 heavy (non-hydrogen) atoms. The first-order chi connectivity index (χ1) is 14.8. The number of hydrogen-bond acceptors (Lipinski definition) is 5. The largest absolute Gasteiger partial charge is 0.379 e. The number of nitrogens with zero attached hydrogens (tertiary/aromatic N) is 3. The second-order valence-corrected chi connectivity index (χ2v) is 8.88. The van der Waals surface area contributed by atoms with Gasteiger partial charge in [0.15, 0.2) is 0 Å². The lowest BCUT2D eigenvalue weighted by Crippen LogP contribution is -2.43. The summed E-state index contributed by atoms with van der Waals surface area (Å²) in [7, 11) is 0. The van der Waals surface area contributed by atoms with Crippen LogP contribution >= 0.6 is 11.6 Å². The summed E-state index contributed by atoms with van der Waals surface area (Å²) in [5.74, 6) is -0.599. The first-order valence-corrected chi connectivity index (χ1v) is 10.8. The monoisotopic (exact) mass is 447 g/mol. The Balaban J connectivity index is 1.63. The van der Waals surface area contributed by atoms with Crippen molar-refractivity contribution in [1.29, 1.82) is 0 Å². The van der Waals surface area contributed by atoms with Crippen molar-refractivity contribution in [2.75, 3.05) is 45.9 Å². The summed E-state index contributed by atoms with van der Waals surface area (Å²) >= 11 is 6.35. The van der Waals surface area contributed by atoms with Crippen LogP contribution in [-0.4, -0.2) is 72.4 Å². The SMILES string of the molecule is CC(C)(C)n1cc(C(=O)NCC(=O)NCCN2CCOCC2)c(-c2ccccc2Cl)n1. The summed E-state index contributed by atoms with van der Waals surface area (Å²) in [5.41, 5.74) is 1.23. The Morgan fingerprint density at radius 3 is 2.55 bits per heavy atom. The van der Waals surface area contributed by atoms with Crippen molar-refractivity contribution >= 4 is 23.4 Å². The molecule has 0 saturated carbocycles. The molecule has 168 valence electrons. The van der Waals surface area contributed by atoms with Gasteiger partial charge >= 0.3 is 0 Å². The number of carbonyl (C=O) groups is 2. The normalized spacial score (nSPS) is 15.0. The lowest BCUT2D eigenvalue weighted by molar-refractivity contribution is -0.120. The topological polar surface area (TPSA) is 88.5 Å². The van der Waals surface area contributed by atoms with Crippen LogP contribution in [0.3, 0.4) is 0 Å². The van der Waals surface area contributed by atoms with E-state index in [9.17, 15) is 9.59 Å². The Morgan fingerprint density at radius 2 is 1.87 bits per heavy atom. The molecule has 1 aliphatic rings. The molecule has 1 aliphatic heterocycles. The molecule has 1 fully saturated rings. The number of benzene rings is 1. The van der Waals surface area contributed by atoms with Crippen LogP contribution in [0.25, 0.3) is 11.3 Å². The molecule has 0 atom stereocenters. The quantitative estimate of drug-likeness (QED) is 0.678. The molecule has 0 bridgehead atoms. The molecule has 8 nitrogen and oxygen atoms in total. The third-order valence-corrected chi connectivity index (χ3v) is 5.37. The molecule has 2 N–H and O–H groups in total. The van der Waals surface area contributed by atoms with Crippen molar-refractivity contribution in [3.05, 3.63) is 41.0 Å². The Bertz CT molecular complexity index is 916. The zero-order valence-electron chi connectivity index (χ0n) is 18.3. The second-order valence-electron chi connectivity index (χ2n) is 8.47. The van der Waals surface area contributed by atoms with Gasteiger partial charge in [0, 0.05) is 37.9 Å². The molecular weight excluding hydrogens is 418 g/mol. The van der Waals surface area contributed by atoms with Gasteiger partial charge < -0.3 is 15.4 Å². The lowest BCUT2D eigenvalue weighted by atomic mass is 10.1. The lowest BCUT2D eigenvalue weighted by Gasteiger charge is -2.26. The standard InChI is InChI=1S/C22H30ClN5O3/c1-22(2,3)28-15-17(20(26-28)16-6-4-5-7-18(16)23)21(30)25-14-19(29)24-8-9-27-10-12-31-13-11-27/h4-7,15H,8-14H2,1-3H3,(H,24,29)(H,25,30). The molecule has 0 spiro atoms. The number of nitrogens with one attached hydrogen (secondary N) is 2. The third-order valence-electron chi connectivity index (χ3n) is 5.04. The Hall–Kier alpha value is -2.42. The highest BCUT2D eigenvalue weighted by Crippen LogP contribution is 2.30. The van der Waals surface area contributed by atoms with Crippen LogP contribution in [0.5, 0.6) is 0 Å². The number of carbonyl (C=O) groups excluding carboxylic acids is 2. The summed E-state index contributed by atoms with van der Waals surface area (Å²) in [6.07, 6.45) is 1.70. The molecule has 1 aromatic heterocycles. The highest BCUT2D eigenvalue weighted by molar-refractivity contribution is 6.33. The van der Waals surface area contributed by atoms with Crippen molar-refractivity contribution in [3.63, 3.8) is 0 Å². The fourth-order valence-electron chi connectivity index (χ4n) is 3.23. The van der Waals surface area contributed by atoms with E-state index in [0.717, 1.165) is 32.8 Å². The number of rotatable bonds is 7. The van der Waals surface area contributed by atoms with E-state index < -0.39 is 0 Å². The third kappa shape index (κ3) is 6.29. The van der Waals surface area contributed by atoms with E-state index in [2.05, 4.69) is 20.6 Å². The van der Waals surface area contributed by atoms with Crippen LogP contribution in [0.15, 0.2) is 30.5 Å². The van der Waals surface area contributed by atoms with Gasteiger partial charge in [-0.1, -0.05) is 29.8 Å². The van der Waals surface area contributed by atoms with E-state index >= 15 is 0 Å². The smallest absolute Gasteiger partial charge is 0.255 e. The Kier molecular flexibility index (Phi) is 7.69. The summed E-state index contributed by atoms with van der Waals surface area (Å²) in [4.78, 5) is 27.3. The zero-order chi connectivity index (χ0) is 22.4. The minimum absolute atomic E-state index is 0.107. The van der Waals surface area contributed by atoms with Gasteiger partial charge in [-0.3, -0.25) is 19.2 Å². The Labute approximate surface area is 187 Å². The van der Waals surface area contributed by atoms with Crippen molar-refractivity contribution in [2.24, 2.45) is 0 Å². The maximum atomic E-state index is 12.9. The van der Waals surface area contributed by atoms with E-state index in [4.69, 9.17) is 16.3 Å². The predicted molar refractivity (Wildman–Crippen MR) is 120 cm³/mol.